The second-order valence-electron chi connectivity index (χ2n) is 5.08. The lowest BCUT2D eigenvalue weighted by atomic mass is 10.0. The van der Waals surface area contributed by atoms with Crippen molar-refractivity contribution in [1.29, 1.82) is 0 Å². The highest BCUT2D eigenvalue weighted by atomic mass is 32.2. The average Bonchev–Trinajstić information content (AvgIpc) is 2.37. The zero-order valence-electron chi connectivity index (χ0n) is 11.1. The Kier molecular flexibility index (Phi) is 4.70. The molecular weight excluding hydrogens is 244 g/mol. The van der Waals surface area contributed by atoms with Crippen molar-refractivity contribution in [1.82, 2.24) is 0 Å². The Morgan fingerprint density at radius 3 is 3.06 bits per heavy atom. The second kappa shape index (κ2) is 6.28. The van der Waals surface area contributed by atoms with Crippen LogP contribution in [-0.2, 0) is 6.42 Å². The molecule has 3 heteroatoms. The summed E-state index contributed by atoms with van der Waals surface area (Å²) in [6.07, 6.45) is 2.07. The number of fused-ring (bicyclic) bond motifs is 1. The van der Waals surface area contributed by atoms with Crippen LogP contribution in [0.2, 0.25) is 0 Å². The molecule has 1 aromatic rings. The molecule has 0 aliphatic carbocycles. The summed E-state index contributed by atoms with van der Waals surface area (Å²) in [6.45, 7) is 5.08. The Bertz CT molecular complexity index is 427. The van der Waals surface area contributed by atoms with Gasteiger partial charge in [-0.15, -0.1) is 0 Å². The molecule has 0 bridgehead atoms. The fourth-order valence-corrected chi connectivity index (χ4v) is 3.00. The highest BCUT2D eigenvalue weighted by molar-refractivity contribution is 7.99. The van der Waals surface area contributed by atoms with Crippen molar-refractivity contribution in [3.63, 3.8) is 0 Å². The zero-order chi connectivity index (χ0) is 13.0. The normalized spacial score (nSPS) is 14.2. The third-order valence-corrected chi connectivity index (χ3v) is 4.29. The molecule has 1 aromatic carbocycles. The summed E-state index contributed by atoms with van der Waals surface area (Å²) in [5, 5.41) is 0. The molecule has 2 nitrogen and oxygen atoms in total. The molecule has 0 aromatic heterocycles. The minimum atomic E-state index is 0.194. The molecule has 2 rings (SSSR count). The Morgan fingerprint density at radius 1 is 1.44 bits per heavy atom. The van der Waals surface area contributed by atoms with E-state index in [0.29, 0.717) is 11.7 Å². The number of para-hydroxylation sites is 1. The minimum absolute atomic E-state index is 0.194. The molecule has 1 aliphatic rings. The molecule has 1 heterocycles. The van der Waals surface area contributed by atoms with Crippen molar-refractivity contribution >= 4 is 17.5 Å². The molecule has 0 saturated heterocycles. The molecule has 0 spiro atoms. The van der Waals surface area contributed by atoms with Crippen molar-refractivity contribution in [3.8, 4) is 5.75 Å². The van der Waals surface area contributed by atoms with E-state index in [-0.39, 0.29) is 5.78 Å². The number of hydrogen-bond donors (Lipinski definition) is 0. The Balaban J connectivity index is 2.06. The molecule has 0 fully saturated rings. The lowest BCUT2D eigenvalue weighted by molar-refractivity contribution is 0.101. The molecule has 0 N–H and O–H groups in total. The van der Waals surface area contributed by atoms with Crippen molar-refractivity contribution in [2.24, 2.45) is 5.92 Å². The van der Waals surface area contributed by atoms with Gasteiger partial charge in [0.15, 0.2) is 5.78 Å². The van der Waals surface area contributed by atoms with E-state index in [2.05, 4.69) is 19.9 Å². The van der Waals surface area contributed by atoms with E-state index in [9.17, 15) is 4.79 Å². The summed E-state index contributed by atoms with van der Waals surface area (Å²) < 4.78 is 5.67. The van der Waals surface area contributed by atoms with Crippen LogP contribution in [-0.4, -0.2) is 23.9 Å². The van der Waals surface area contributed by atoms with E-state index in [1.54, 1.807) is 11.8 Å². The predicted octanol–water partition coefficient (Wildman–Crippen LogP) is 3.58. The first-order chi connectivity index (χ1) is 8.68. The van der Waals surface area contributed by atoms with Crippen LogP contribution in [0.1, 0.15) is 36.2 Å². The monoisotopic (exact) mass is 264 g/mol. The molecule has 0 radical (unpaired) electrons. The smallest absolute Gasteiger partial charge is 0.176 e. The van der Waals surface area contributed by atoms with Crippen molar-refractivity contribution in [2.75, 3.05) is 18.1 Å². The maximum Gasteiger partial charge on any atom is 0.176 e. The van der Waals surface area contributed by atoms with Gasteiger partial charge in [0.25, 0.3) is 0 Å². The van der Waals surface area contributed by atoms with Crippen LogP contribution in [0.3, 0.4) is 0 Å². The summed E-state index contributed by atoms with van der Waals surface area (Å²) in [7, 11) is 0. The predicted molar refractivity (Wildman–Crippen MR) is 76.8 cm³/mol. The number of carbonyl (C=O) groups excluding carboxylic acids is 1. The molecule has 1 aliphatic heterocycles. The van der Waals surface area contributed by atoms with Gasteiger partial charge in [-0.2, -0.15) is 11.8 Å². The third kappa shape index (κ3) is 3.29. The fraction of sp³-hybridized carbons (Fsp3) is 0.533. The summed E-state index contributed by atoms with van der Waals surface area (Å²) in [5.41, 5.74) is 1.95. The summed E-state index contributed by atoms with van der Waals surface area (Å²) >= 11 is 1.71. The maximum absolute atomic E-state index is 12.2. The zero-order valence-corrected chi connectivity index (χ0v) is 11.9. The lowest BCUT2D eigenvalue weighted by Gasteiger charge is -2.19. The average molecular weight is 264 g/mol. The fourth-order valence-electron chi connectivity index (χ4n) is 2.07. The van der Waals surface area contributed by atoms with Gasteiger partial charge in [0.1, 0.15) is 5.75 Å². The van der Waals surface area contributed by atoms with Crippen molar-refractivity contribution in [2.45, 2.75) is 26.7 Å². The van der Waals surface area contributed by atoms with Gasteiger partial charge in [-0.3, -0.25) is 4.79 Å². The highest BCUT2D eigenvalue weighted by Gasteiger charge is 2.18. The van der Waals surface area contributed by atoms with Crippen LogP contribution >= 0.6 is 11.8 Å². The molecule has 0 unspecified atom stereocenters. The Hall–Kier alpha value is -0.960. The first kappa shape index (κ1) is 13.5. The molecule has 18 heavy (non-hydrogen) atoms. The van der Waals surface area contributed by atoms with Crippen LogP contribution in [0.4, 0.5) is 0 Å². The van der Waals surface area contributed by atoms with E-state index >= 15 is 0 Å². The van der Waals surface area contributed by atoms with Crippen LogP contribution in [0.25, 0.3) is 0 Å². The first-order valence-electron chi connectivity index (χ1n) is 6.54. The van der Waals surface area contributed by atoms with E-state index in [1.165, 1.54) is 5.56 Å². The van der Waals surface area contributed by atoms with Gasteiger partial charge in [-0.25, -0.2) is 0 Å². The van der Waals surface area contributed by atoms with Gasteiger partial charge in [0.2, 0.25) is 0 Å². The topological polar surface area (TPSA) is 26.3 Å². The number of ketones is 1. The van der Waals surface area contributed by atoms with Gasteiger partial charge in [0, 0.05) is 0 Å². The number of ether oxygens (including phenoxy) is 1. The molecular formula is C15H20O2S. The van der Waals surface area contributed by atoms with Gasteiger partial charge in [-0.1, -0.05) is 26.0 Å². The molecule has 98 valence electrons. The molecule has 0 atom stereocenters. The van der Waals surface area contributed by atoms with Crippen LogP contribution < -0.4 is 4.74 Å². The van der Waals surface area contributed by atoms with Gasteiger partial charge in [-0.05, 0) is 36.1 Å². The van der Waals surface area contributed by atoms with Crippen LogP contribution in [0.5, 0.6) is 5.75 Å². The number of rotatable bonds is 5. The quantitative estimate of drug-likeness (QED) is 0.760. The van der Waals surface area contributed by atoms with Crippen molar-refractivity contribution in [3.05, 3.63) is 29.3 Å². The SMILES string of the molecule is CC(C)CSCC(=O)c1cccc2c1OCCC2. The second-order valence-corrected chi connectivity index (χ2v) is 6.11. The number of carbonyl (C=O) groups is 1. The summed E-state index contributed by atoms with van der Waals surface area (Å²) in [5.74, 6) is 3.24. The van der Waals surface area contributed by atoms with Crippen molar-refractivity contribution < 1.29 is 9.53 Å². The number of benzene rings is 1. The number of aryl methyl sites for hydroxylation is 1. The summed E-state index contributed by atoms with van der Waals surface area (Å²) in [4.78, 5) is 12.2. The minimum Gasteiger partial charge on any atom is -0.493 e. The number of hydrogen-bond acceptors (Lipinski definition) is 3. The number of thioether (sulfide) groups is 1. The Morgan fingerprint density at radius 2 is 2.28 bits per heavy atom. The van der Waals surface area contributed by atoms with Crippen LogP contribution in [0.15, 0.2) is 18.2 Å². The lowest BCUT2D eigenvalue weighted by Crippen LogP contribution is -2.14. The largest absolute Gasteiger partial charge is 0.493 e. The molecule has 0 saturated carbocycles. The Labute approximate surface area is 113 Å². The standard InChI is InChI=1S/C15H20O2S/c1-11(2)9-18-10-14(16)13-7-3-5-12-6-4-8-17-15(12)13/h3,5,7,11H,4,6,8-10H2,1-2H3. The number of Topliss-reactive ketones (excluding diaryl/α,β-unsaturated/α-hetero) is 1. The van der Waals surface area contributed by atoms with Gasteiger partial charge >= 0.3 is 0 Å². The van der Waals surface area contributed by atoms with Gasteiger partial charge < -0.3 is 4.74 Å². The van der Waals surface area contributed by atoms with Gasteiger partial charge in [0.05, 0.1) is 17.9 Å². The van der Waals surface area contributed by atoms with E-state index in [4.69, 9.17) is 4.74 Å². The van der Waals surface area contributed by atoms with E-state index in [1.807, 2.05) is 12.1 Å². The third-order valence-electron chi connectivity index (χ3n) is 2.92. The molecule has 0 amide bonds. The van der Waals surface area contributed by atoms with E-state index in [0.717, 1.165) is 36.5 Å². The maximum atomic E-state index is 12.2. The van der Waals surface area contributed by atoms with Crippen LogP contribution in [0, 0.1) is 5.92 Å². The van der Waals surface area contributed by atoms with E-state index < -0.39 is 0 Å². The highest BCUT2D eigenvalue weighted by Crippen LogP contribution is 2.29. The first-order valence-corrected chi connectivity index (χ1v) is 7.69. The summed E-state index contributed by atoms with van der Waals surface area (Å²) in [6, 6.07) is 5.92.